The number of carbonyl (C=O) groups excluding carboxylic acids is 2. The Morgan fingerprint density at radius 1 is 1.00 bits per heavy atom. The van der Waals surface area contributed by atoms with E-state index in [0.717, 1.165) is 16.9 Å². The van der Waals surface area contributed by atoms with Gasteiger partial charge in [-0.25, -0.2) is 0 Å². The van der Waals surface area contributed by atoms with Gasteiger partial charge in [-0.05, 0) is 42.3 Å². The average molecular weight is 356 g/mol. The Kier molecular flexibility index (Phi) is 7.64. The molecule has 0 unspecified atom stereocenters. The zero-order valence-electron chi connectivity index (χ0n) is 15.1. The van der Waals surface area contributed by atoms with E-state index in [4.69, 9.17) is 9.47 Å². The lowest BCUT2D eigenvalue weighted by Gasteiger charge is -2.09. The minimum atomic E-state index is -0.218. The van der Waals surface area contributed by atoms with Crippen LogP contribution in [0.4, 0.5) is 5.69 Å². The maximum Gasteiger partial charge on any atom is 0.250 e. The highest BCUT2D eigenvalue weighted by Gasteiger charge is 2.06. The first-order valence-corrected chi connectivity index (χ1v) is 8.47. The molecule has 2 aromatic carbocycles. The van der Waals surface area contributed by atoms with E-state index in [1.165, 1.54) is 7.11 Å². The molecule has 6 heteroatoms. The van der Waals surface area contributed by atoms with Gasteiger partial charge < -0.3 is 20.1 Å². The van der Waals surface area contributed by atoms with Crippen molar-refractivity contribution in [3.63, 3.8) is 0 Å². The summed E-state index contributed by atoms with van der Waals surface area (Å²) < 4.78 is 10.2. The Bertz CT molecular complexity index is 729. The van der Waals surface area contributed by atoms with E-state index in [1.807, 2.05) is 49.4 Å². The third kappa shape index (κ3) is 6.57. The number of hydrogen-bond acceptors (Lipinski definition) is 4. The van der Waals surface area contributed by atoms with Crippen LogP contribution < -0.4 is 15.4 Å². The highest BCUT2D eigenvalue weighted by Crippen LogP contribution is 2.13. The number of methoxy groups -OCH3 is 1. The largest absolute Gasteiger partial charge is 0.494 e. The summed E-state index contributed by atoms with van der Waals surface area (Å²) in [6, 6.07) is 14.8. The van der Waals surface area contributed by atoms with Crippen molar-refractivity contribution in [3.8, 4) is 5.75 Å². The molecule has 2 N–H and O–H groups in total. The Balaban J connectivity index is 1.84. The molecule has 0 aliphatic rings. The van der Waals surface area contributed by atoms with Crippen molar-refractivity contribution in [2.24, 2.45) is 0 Å². The van der Waals surface area contributed by atoms with Crippen LogP contribution in [-0.4, -0.2) is 32.1 Å². The van der Waals surface area contributed by atoms with E-state index in [0.29, 0.717) is 25.3 Å². The Morgan fingerprint density at radius 3 is 2.46 bits per heavy atom. The summed E-state index contributed by atoms with van der Waals surface area (Å²) in [5.41, 5.74) is 2.50. The molecule has 0 heterocycles. The number of nitrogens with one attached hydrogen (secondary N) is 2. The average Bonchev–Trinajstić information content (AvgIpc) is 2.62. The van der Waals surface area contributed by atoms with E-state index in [2.05, 4.69) is 10.6 Å². The molecule has 2 rings (SSSR count). The highest BCUT2D eigenvalue weighted by atomic mass is 16.5. The lowest BCUT2D eigenvalue weighted by atomic mass is 10.1. The second kappa shape index (κ2) is 10.2. The predicted molar refractivity (Wildman–Crippen MR) is 100 cm³/mol. The minimum Gasteiger partial charge on any atom is -0.494 e. The Hall–Kier alpha value is -2.86. The van der Waals surface area contributed by atoms with Crippen molar-refractivity contribution in [2.75, 3.05) is 25.6 Å². The molecule has 0 aliphatic carbocycles. The second-order valence-electron chi connectivity index (χ2n) is 5.71. The fraction of sp³-hybridized carbons (Fsp3) is 0.300. The van der Waals surface area contributed by atoms with Gasteiger partial charge in [0.1, 0.15) is 12.4 Å². The lowest BCUT2D eigenvalue weighted by Crippen LogP contribution is -2.24. The van der Waals surface area contributed by atoms with Crippen molar-refractivity contribution in [2.45, 2.75) is 19.9 Å². The van der Waals surface area contributed by atoms with E-state index < -0.39 is 0 Å². The van der Waals surface area contributed by atoms with Crippen molar-refractivity contribution >= 4 is 17.5 Å². The Labute approximate surface area is 153 Å². The van der Waals surface area contributed by atoms with Crippen LogP contribution in [0.2, 0.25) is 0 Å². The molecule has 0 bridgehead atoms. The SMILES string of the molecule is CCOc1ccc(CC(=O)NCc2cccc(NC(=O)COC)c2)cc1. The summed E-state index contributed by atoms with van der Waals surface area (Å²) in [5, 5.41) is 5.62. The third-order valence-corrected chi connectivity index (χ3v) is 3.57. The fourth-order valence-corrected chi connectivity index (χ4v) is 2.41. The first kappa shape index (κ1) is 19.5. The highest BCUT2D eigenvalue weighted by molar-refractivity contribution is 5.91. The quantitative estimate of drug-likeness (QED) is 0.724. The first-order chi connectivity index (χ1) is 12.6. The van der Waals surface area contributed by atoms with Crippen LogP contribution in [-0.2, 0) is 27.3 Å². The van der Waals surface area contributed by atoms with Gasteiger partial charge in [-0.15, -0.1) is 0 Å². The number of anilines is 1. The molecule has 6 nitrogen and oxygen atoms in total. The number of rotatable bonds is 9. The van der Waals surface area contributed by atoms with E-state index in [9.17, 15) is 9.59 Å². The molecule has 0 atom stereocenters. The smallest absolute Gasteiger partial charge is 0.250 e. The van der Waals surface area contributed by atoms with Crippen LogP contribution in [0.25, 0.3) is 0 Å². The zero-order valence-corrected chi connectivity index (χ0v) is 15.1. The molecule has 2 amide bonds. The minimum absolute atomic E-state index is 0.00303. The topological polar surface area (TPSA) is 76.7 Å². The molecule has 26 heavy (non-hydrogen) atoms. The van der Waals surface area contributed by atoms with E-state index >= 15 is 0 Å². The van der Waals surface area contributed by atoms with E-state index in [1.54, 1.807) is 6.07 Å². The molecule has 2 aromatic rings. The van der Waals surface area contributed by atoms with Crippen molar-refractivity contribution < 1.29 is 19.1 Å². The lowest BCUT2D eigenvalue weighted by molar-refractivity contribution is -0.121. The molecule has 0 aliphatic heterocycles. The van der Waals surface area contributed by atoms with Crippen LogP contribution in [0.5, 0.6) is 5.75 Å². The summed E-state index contributed by atoms with van der Waals surface area (Å²) in [4.78, 5) is 23.7. The van der Waals surface area contributed by atoms with Gasteiger partial charge in [0.15, 0.2) is 0 Å². The summed E-state index contributed by atoms with van der Waals surface area (Å²) in [6.45, 7) is 2.94. The summed E-state index contributed by atoms with van der Waals surface area (Å²) in [5.74, 6) is 0.510. The monoisotopic (exact) mass is 356 g/mol. The summed E-state index contributed by atoms with van der Waals surface area (Å²) >= 11 is 0. The van der Waals surface area contributed by atoms with Crippen LogP contribution in [0.15, 0.2) is 48.5 Å². The summed E-state index contributed by atoms with van der Waals surface area (Å²) in [6.07, 6.45) is 0.302. The predicted octanol–water partition coefficient (Wildman–Crippen LogP) is 2.53. The maximum absolute atomic E-state index is 12.1. The number of amides is 2. The number of benzene rings is 2. The van der Waals surface area contributed by atoms with Crippen molar-refractivity contribution in [1.82, 2.24) is 5.32 Å². The van der Waals surface area contributed by atoms with Gasteiger partial charge in [-0.2, -0.15) is 0 Å². The molecule has 0 radical (unpaired) electrons. The van der Waals surface area contributed by atoms with Crippen LogP contribution in [0.3, 0.4) is 0 Å². The van der Waals surface area contributed by atoms with Crippen LogP contribution in [0, 0.1) is 0 Å². The maximum atomic E-state index is 12.1. The normalized spacial score (nSPS) is 10.2. The molecule has 0 saturated carbocycles. The van der Waals surface area contributed by atoms with Gasteiger partial charge in [-0.3, -0.25) is 9.59 Å². The van der Waals surface area contributed by atoms with Crippen molar-refractivity contribution in [1.29, 1.82) is 0 Å². The second-order valence-corrected chi connectivity index (χ2v) is 5.71. The van der Waals surface area contributed by atoms with Gasteiger partial charge in [0.05, 0.1) is 13.0 Å². The standard InChI is InChI=1S/C20H24N2O4/c1-3-26-18-9-7-15(8-10-18)12-19(23)21-13-16-5-4-6-17(11-16)22-20(24)14-25-2/h4-11H,3,12-14H2,1-2H3,(H,21,23)(H,22,24). The fourth-order valence-electron chi connectivity index (χ4n) is 2.41. The third-order valence-electron chi connectivity index (χ3n) is 3.57. The molecule has 0 fully saturated rings. The molecule has 0 saturated heterocycles. The van der Waals surface area contributed by atoms with Gasteiger partial charge >= 0.3 is 0 Å². The van der Waals surface area contributed by atoms with Gasteiger partial charge in [0, 0.05) is 19.3 Å². The zero-order chi connectivity index (χ0) is 18.8. The van der Waals surface area contributed by atoms with E-state index in [-0.39, 0.29) is 18.4 Å². The first-order valence-electron chi connectivity index (χ1n) is 8.47. The van der Waals surface area contributed by atoms with Gasteiger partial charge in [0.25, 0.3) is 0 Å². The molecular formula is C20H24N2O4. The van der Waals surface area contributed by atoms with Gasteiger partial charge in [0.2, 0.25) is 11.8 Å². The van der Waals surface area contributed by atoms with Crippen molar-refractivity contribution in [3.05, 3.63) is 59.7 Å². The number of hydrogen-bond donors (Lipinski definition) is 2. The number of ether oxygens (including phenoxy) is 2. The van der Waals surface area contributed by atoms with Crippen LogP contribution in [0.1, 0.15) is 18.1 Å². The summed E-state index contributed by atoms with van der Waals surface area (Å²) in [7, 11) is 1.47. The number of carbonyl (C=O) groups is 2. The Morgan fingerprint density at radius 2 is 1.77 bits per heavy atom. The molecule has 0 spiro atoms. The van der Waals surface area contributed by atoms with Crippen LogP contribution >= 0.6 is 0 Å². The molecular weight excluding hydrogens is 332 g/mol. The van der Waals surface area contributed by atoms with Gasteiger partial charge in [-0.1, -0.05) is 24.3 Å². The molecule has 138 valence electrons. The molecule has 0 aromatic heterocycles.